The SMILES string of the molecule is COc1ccccc1CNC(=O)CN(Cc1ccco1)S(=O)(=O)c1ccc(Cl)c(Cl)c1. The summed E-state index contributed by atoms with van der Waals surface area (Å²) in [6.45, 7) is -0.361. The van der Waals surface area contributed by atoms with Crippen LogP contribution in [0.4, 0.5) is 0 Å². The third kappa shape index (κ3) is 5.80. The lowest BCUT2D eigenvalue weighted by Gasteiger charge is -2.21. The molecule has 0 aliphatic heterocycles. The number of ether oxygens (including phenoxy) is 1. The summed E-state index contributed by atoms with van der Waals surface area (Å²) in [5.41, 5.74) is 0.767. The Hall–Kier alpha value is -2.52. The number of nitrogens with zero attached hydrogens (tertiary/aromatic N) is 1. The Morgan fingerprint density at radius 2 is 1.87 bits per heavy atom. The number of amides is 1. The van der Waals surface area contributed by atoms with Crippen LogP contribution in [-0.4, -0.2) is 32.3 Å². The number of benzene rings is 2. The van der Waals surface area contributed by atoms with E-state index in [0.717, 1.165) is 9.87 Å². The van der Waals surface area contributed by atoms with E-state index >= 15 is 0 Å². The van der Waals surface area contributed by atoms with Gasteiger partial charge in [0.05, 0.1) is 41.4 Å². The Bertz CT molecular complexity index is 1150. The molecular weight excluding hydrogens is 463 g/mol. The first-order valence-electron chi connectivity index (χ1n) is 9.17. The zero-order valence-corrected chi connectivity index (χ0v) is 18.9. The maximum absolute atomic E-state index is 13.2. The maximum atomic E-state index is 13.2. The molecule has 1 amide bonds. The molecule has 7 nitrogen and oxygen atoms in total. The fourth-order valence-corrected chi connectivity index (χ4v) is 4.60. The number of halogens is 2. The molecule has 2 aromatic carbocycles. The number of furan rings is 1. The van der Waals surface area contributed by atoms with E-state index < -0.39 is 22.5 Å². The van der Waals surface area contributed by atoms with Gasteiger partial charge in [0.25, 0.3) is 0 Å². The quantitative estimate of drug-likeness (QED) is 0.495. The molecule has 1 heterocycles. The molecule has 0 saturated heterocycles. The number of rotatable bonds is 9. The first-order valence-corrected chi connectivity index (χ1v) is 11.4. The van der Waals surface area contributed by atoms with Crippen LogP contribution in [0.25, 0.3) is 0 Å². The lowest BCUT2D eigenvalue weighted by molar-refractivity contribution is -0.121. The minimum Gasteiger partial charge on any atom is -0.496 e. The molecule has 0 bridgehead atoms. The highest BCUT2D eigenvalue weighted by Crippen LogP contribution is 2.27. The largest absolute Gasteiger partial charge is 0.496 e. The van der Waals surface area contributed by atoms with Crippen molar-refractivity contribution in [2.75, 3.05) is 13.7 Å². The van der Waals surface area contributed by atoms with E-state index in [4.69, 9.17) is 32.4 Å². The van der Waals surface area contributed by atoms with Crippen LogP contribution in [0.2, 0.25) is 10.0 Å². The van der Waals surface area contributed by atoms with Crippen molar-refractivity contribution in [2.45, 2.75) is 18.0 Å². The number of methoxy groups -OCH3 is 1. The van der Waals surface area contributed by atoms with Crippen LogP contribution < -0.4 is 10.1 Å². The predicted octanol–water partition coefficient (Wildman–Crippen LogP) is 4.10. The second-order valence-electron chi connectivity index (χ2n) is 6.52. The lowest BCUT2D eigenvalue weighted by Crippen LogP contribution is -2.40. The molecule has 0 radical (unpaired) electrons. The fourth-order valence-electron chi connectivity index (χ4n) is 2.85. The first kappa shape index (κ1) is 23.1. The average Bonchev–Trinajstić information content (AvgIpc) is 3.27. The minimum atomic E-state index is -4.06. The molecule has 0 spiro atoms. The van der Waals surface area contributed by atoms with Crippen molar-refractivity contribution in [3.8, 4) is 5.75 Å². The number of sulfonamides is 1. The average molecular weight is 483 g/mol. The van der Waals surface area contributed by atoms with Gasteiger partial charge in [-0.3, -0.25) is 4.79 Å². The predicted molar refractivity (Wildman–Crippen MR) is 118 cm³/mol. The third-order valence-electron chi connectivity index (χ3n) is 4.43. The summed E-state index contributed by atoms with van der Waals surface area (Å²) >= 11 is 11.9. The second kappa shape index (κ2) is 10.2. The lowest BCUT2D eigenvalue weighted by atomic mass is 10.2. The van der Waals surface area contributed by atoms with Crippen molar-refractivity contribution in [2.24, 2.45) is 0 Å². The summed E-state index contributed by atoms with van der Waals surface area (Å²) in [5.74, 6) is 0.529. The number of para-hydroxylation sites is 1. The van der Waals surface area contributed by atoms with Gasteiger partial charge in [0.1, 0.15) is 11.5 Å². The highest BCUT2D eigenvalue weighted by atomic mass is 35.5. The van der Waals surface area contributed by atoms with Gasteiger partial charge in [-0.1, -0.05) is 41.4 Å². The molecule has 0 atom stereocenters. The molecule has 0 fully saturated rings. The van der Waals surface area contributed by atoms with Crippen molar-refractivity contribution >= 4 is 39.1 Å². The van der Waals surface area contributed by atoms with Crippen LogP contribution in [0, 0.1) is 0 Å². The summed E-state index contributed by atoms with van der Waals surface area (Å²) in [6.07, 6.45) is 1.43. The van der Waals surface area contributed by atoms with Gasteiger partial charge in [0.15, 0.2) is 0 Å². The van der Waals surface area contributed by atoms with E-state index in [1.807, 2.05) is 18.2 Å². The summed E-state index contributed by atoms with van der Waals surface area (Å²) < 4.78 is 38.0. The van der Waals surface area contributed by atoms with Gasteiger partial charge in [-0.2, -0.15) is 4.31 Å². The Kier molecular flexibility index (Phi) is 7.61. The summed E-state index contributed by atoms with van der Waals surface area (Å²) in [7, 11) is -2.53. The Morgan fingerprint density at radius 3 is 2.55 bits per heavy atom. The summed E-state index contributed by atoms with van der Waals surface area (Å²) in [6, 6.07) is 14.5. The van der Waals surface area contributed by atoms with Gasteiger partial charge in [-0.25, -0.2) is 8.42 Å². The normalized spacial score (nSPS) is 11.5. The summed E-state index contributed by atoms with van der Waals surface area (Å²) in [4.78, 5) is 12.5. The highest BCUT2D eigenvalue weighted by Gasteiger charge is 2.28. The van der Waals surface area contributed by atoms with E-state index in [2.05, 4.69) is 5.32 Å². The maximum Gasteiger partial charge on any atom is 0.244 e. The van der Waals surface area contributed by atoms with Gasteiger partial charge in [-0.15, -0.1) is 0 Å². The van der Waals surface area contributed by atoms with E-state index in [0.29, 0.717) is 11.5 Å². The standard InChI is InChI=1S/C21H20Cl2N2O5S/c1-29-20-7-3-2-5-15(20)12-24-21(26)14-25(13-16-6-4-10-30-16)31(27,28)17-8-9-18(22)19(23)11-17/h2-11H,12-14H2,1H3,(H,24,26). The number of hydrogen-bond acceptors (Lipinski definition) is 5. The Labute approximate surface area is 190 Å². The van der Waals surface area contributed by atoms with Crippen molar-refractivity contribution in [1.82, 2.24) is 9.62 Å². The molecule has 1 aromatic heterocycles. The molecule has 0 aliphatic carbocycles. The van der Waals surface area contributed by atoms with E-state index in [-0.39, 0.29) is 28.0 Å². The van der Waals surface area contributed by atoms with E-state index in [9.17, 15) is 13.2 Å². The van der Waals surface area contributed by atoms with Crippen molar-refractivity contribution < 1.29 is 22.4 Å². The van der Waals surface area contributed by atoms with Gasteiger partial charge in [0.2, 0.25) is 15.9 Å². The minimum absolute atomic E-state index is 0.0778. The molecule has 3 aromatic rings. The molecule has 10 heteroatoms. The molecular formula is C21H20Cl2N2O5S. The number of nitrogens with one attached hydrogen (secondary N) is 1. The van der Waals surface area contributed by atoms with Gasteiger partial charge < -0.3 is 14.5 Å². The molecule has 164 valence electrons. The first-order chi connectivity index (χ1) is 14.8. The topological polar surface area (TPSA) is 88.8 Å². The fraction of sp³-hybridized carbons (Fsp3) is 0.190. The van der Waals surface area contributed by atoms with Crippen molar-refractivity contribution in [3.63, 3.8) is 0 Å². The van der Waals surface area contributed by atoms with Crippen LogP contribution in [-0.2, 0) is 27.9 Å². The molecule has 0 saturated carbocycles. The smallest absolute Gasteiger partial charge is 0.244 e. The third-order valence-corrected chi connectivity index (χ3v) is 6.96. The van der Waals surface area contributed by atoms with Crippen LogP contribution in [0.5, 0.6) is 5.75 Å². The molecule has 3 rings (SSSR count). The van der Waals surface area contributed by atoms with Gasteiger partial charge in [0, 0.05) is 12.1 Å². The highest BCUT2D eigenvalue weighted by molar-refractivity contribution is 7.89. The van der Waals surface area contributed by atoms with Crippen molar-refractivity contribution in [1.29, 1.82) is 0 Å². The van der Waals surface area contributed by atoms with Crippen LogP contribution >= 0.6 is 23.2 Å². The van der Waals surface area contributed by atoms with E-state index in [1.54, 1.807) is 18.2 Å². The van der Waals surface area contributed by atoms with Gasteiger partial charge in [-0.05, 0) is 36.4 Å². The number of carbonyl (C=O) groups excluding carboxylic acids is 1. The van der Waals surface area contributed by atoms with Crippen molar-refractivity contribution in [3.05, 3.63) is 82.2 Å². The molecule has 0 aliphatic rings. The van der Waals surface area contributed by atoms with Crippen LogP contribution in [0.3, 0.4) is 0 Å². The van der Waals surface area contributed by atoms with Crippen LogP contribution in [0.1, 0.15) is 11.3 Å². The molecule has 1 N–H and O–H groups in total. The zero-order valence-electron chi connectivity index (χ0n) is 16.5. The van der Waals surface area contributed by atoms with Crippen LogP contribution in [0.15, 0.2) is 70.2 Å². The number of carbonyl (C=O) groups is 1. The zero-order chi connectivity index (χ0) is 22.4. The molecule has 31 heavy (non-hydrogen) atoms. The van der Waals surface area contributed by atoms with E-state index in [1.165, 1.54) is 31.6 Å². The summed E-state index contributed by atoms with van der Waals surface area (Å²) in [5, 5.41) is 3.05. The monoisotopic (exact) mass is 482 g/mol. The molecule has 0 unspecified atom stereocenters. The van der Waals surface area contributed by atoms with Gasteiger partial charge >= 0.3 is 0 Å². The Balaban J connectivity index is 1.80. The Morgan fingerprint density at radius 1 is 1.10 bits per heavy atom. The second-order valence-corrected chi connectivity index (χ2v) is 9.27. The number of hydrogen-bond donors (Lipinski definition) is 1.